The minimum absolute atomic E-state index is 0.00961. The predicted molar refractivity (Wildman–Crippen MR) is 82.4 cm³/mol. The summed E-state index contributed by atoms with van der Waals surface area (Å²) < 4.78 is 5.28. The first-order valence-electron chi connectivity index (χ1n) is 8.10. The largest absolute Gasteiger partial charge is 0.481 e. The third-order valence-electron chi connectivity index (χ3n) is 4.05. The van der Waals surface area contributed by atoms with Crippen LogP contribution in [0.4, 0.5) is 0 Å². The van der Waals surface area contributed by atoms with Gasteiger partial charge in [-0.2, -0.15) is 0 Å². The number of ether oxygens (including phenoxy) is 1. The van der Waals surface area contributed by atoms with Gasteiger partial charge in [0.05, 0.1) is 6.42 Å². The summed E-state index contributed by atoms with van der Waals surface area (Å²) in [6.45, 7) is 5.44. The molecule has 0 saturated heterocycles. The number of carbonyl (C=O) groups is 3. The van der Waals surface area contributed by atoms with Crippen molar-refractivity contribution in [2.75, 3.05) is 0 Å². The molecule has 1 N–H and O–H groups in total. The highest BCUT2D eigenvalue weighted by Crippen LogP contribution is 2.27. The van der Waals surface area contributed by atoms with E-state index < -0.39 is 24.5 Å². The topological polar surface area (TPSA) is 80.7 Å². The van der Waals surface area contributed by atoms with Crippen LogP contribution in [-0.4, -0.2) is 28.9 Å². The second-order valence-corrected chi connectivity index (χ2v) is 5.95. The van der Waals surface area contributed by atoms with Crippen LogP contribution in [-0.2, 0) is 19.1 Å². The Morgan fingerprint density at radius 2 is 1.86 bits per heavy atom. The molecule has 0 spiro atoms. The Morgan fingerprint density at radius 1 is 1.23 bits per heavy atom. The third kappa shape index (κ3) is 6.00. The van der Waals surface area contributed by atoms with Crippen molar-refractivity contribution in [2.24, 2.45) is 5.92 Å². The Bertz CT molecular complexity index is 421. The lowest BCUT2D eigenvalue weighted by Gasteiger charge is -2.25. The maximum atomic E-state index is 12.6. The highest BCUT2D eigenvalue weighted by Gasteiger charge is 2.31. The van der Waals surface area contributed by atoms with Gasteiger partial charge in [-0.25, -0.2) is 4.79 Å². The zero-order chi connectivity index (χ0) is 16.5. The van der Waals surface area contributed by atoms with Crippen molar-refractivity contribution in [3.8, 4) is 0 Å². The summed E-state index contributed by atoms with van der Waals surface area (Å²) in [5.74, 6) is -1.95. The second-order valence-electron chi connectivity index (χ2n) is 5.95. The zero-order valence-electron chi connectivity index (χ0n) is 13.3. The number of rotatable bonds is 9. The lowest BCUT2D eigenvalue weighted by atomic mass is 9.83. The van der Waals surface area contributed by atoms with Gasteiger partial charge in [0.2, 0.25) is 0 Å². The van der Waals surface area contributed by atoms with Crippen LogP contribution in [0.5, 0.6) is 0 Å². The van der Waals surface area contributed by atoms with Crippen molar-refractivity contribution in [2.45, 2.75) is 70.8 Å². The molecule has 1 aliphatic carbocycles. The third-order valence-corrected chi connectivity index (χ3v) is 4.05. The number of hydrogen-bond acceptors (Lipinski definition) is 4. The Hall–Kier alpha value is -1.65. The van der Waals surface area contributed by atoms with Crippen molar-refractivity contribution in [1.82, 2.24) is 0 Å². The Labute approximate surface area is 131 Å². The molecule has 5 heteroatoms. The van der Waals surface area contributed by atoms with E-state index >= 15 is 0 Å². The Balaban J connectivity index is 2.66. The van der Waals surface area contributed by atoms with Crippen LogP contribution in [0.2, 0.25) is 0 Å². The zero-order valence-corrected chi connectivity index (χ0v) is 13.3. The van der Waals surface area contributed by atoms with Crippen molar-refractivity contribution < 1.29 is 24.2 Å². The molecule has 1 rings (SSSR count). The molecular formula is C17H26O5. The van der Waals surface area contributed by atoms with Gasteiger partial charge >= 0.3 is 11.9 Å². The Kier molecular flexibility index (Phi) is 7.85. The van der Waals surface area contributed by atoms with Crippen LogP contribution >= 0.6 is 0 Å². The minimum Gasteiger partial charge on any atom is -0.481 e. The van der Waals surface area contributed by atoms with Gasteiger partial charge in [0, 0.05) is 11.5 Å². The van der Waals surface area contributed by atoms with Gasteiger partial charge < -0.3 is 9.84 Å². The van der Waals surface area contributed by atoms with Crippen molar-refractivity contribution >= 4 is 17.7 Å². The molecule has 0 aromatic carbocycles. The van der Waals surface area contributed by atoms with Gasteiger partial charge in [-0.05, 0) is 25.7 Å². The molecule has 0 radical (unpaired) electrons. The molecule has 0 aromatic heterocycles. The number of aliphatic carboxylic acids is 1. The monoisotopic (exact) mass is 310 g/mol. The van der Waals surface area contributed by atoms with Gasteiger partial charge in [0.15, 0.2) is 11.9 Å². The first-order valence-corrected chi connectivity index (χ1v) is 8.10. The fourth-order valence-electron chi connectivity index (χ4n) is 2.77. The number of Topliss-reactive ketones (excluding diaryl/α,β-unsaturated/α-hetero) is 1. The van der Waals surface area contributed by atoms with Crippen molar-refractivity contribution in [1.29, 1.82) is 0 Å². The van der Waals surface area contributed by atoms with E-state index in [9.17, 15) is 14.4 Å². The molecule has 124 valence electrons. The van der Waals surface area contributed by atoms with Crippen LogP contribution < -0.4 is 0 Å². The number of ketones is 1. The minimum atomic E-state index is -1.13. The number of carbonyl (C=O) groups excluding carboxylic acids is 2. The fraction of sp³-hybridized carbons (Fsp3) is 0.706. The van der Waals surface area contributed by atoms with E-state index in [0.29, 0.717) is 6.42 Å². The maximum Gasteiger partial charge on any atom is 0.334 e. The molecule has 0 heterocycles. The maximum absolute atomic E-state index is 12.6. The Morgan fingerprint density at radius 3 is 2.41 bits per heavy atom. The molecule has 0 bridgehead atoms. The van der Waals surface area contributed by atoms with Gasteiger partial charge in [-0.15, -0.1) is 0 Å². The van der Waals surface area contributed by atoms with Crippen LogP contribution in [0, 0.1) is 5.92 Å². The van der Waals surface area contributed by atoms with E-state index in [0.717, 1.165) is 44.9 Å². The average molecular weight is 310 g/mol. The normalized spacial score (nSPS) is 16.8. The summed E-state index contributed by atoms with van der Waals surface area (Å²) in [5.41, 5.74) is -0.120. The quantitative estimate of drug-likeness (QED) is 0.522. The number of carboxylic acid groups (broad SMARTS) is 1. The summed E-state index contributed by atoms with van der Waals surface area (Å²) in [6, 6.07) is 0. The second kappa shape index (κ2) is 9.38. The highest BCUT2D eigenvalue weighted by atomic mass is 16.5. The molecule has 0 amide bonds. The van der Waals surface area contributed by atoms with Gasteiger partial charge in [-0.1, -0.05) is 39.2 Å². The van der Waals surface area contributed by atoms with Gasteiger partial charge in [-0.3, -0.25) is 9.59 Å². The summed E-state index contributed by atoms with van der Waals surface area (Å²) in [5, 5.41) is 8.69. The summed E-state index contributed by atoms with van der Waals surface area (Å²) in [7, 11) is 0. The van der Waals surface area contributed by atoms with E-state index in [1.54, 1.807) is 0 Å². The van der Waals surface area contributed by atoms with Gasteiger partial charge in [0.1, 0.15) is 0 Å². The standard InChI is InChI=1S/C17H26O5/c1-3-4-10-14(16(20)13-8-6-5-7-9-13)22-17(21)12(2)11-15(18)19/h13-14H,2-11H2,1H3,(H,18,19). The van der Waals surface area contributed by atoms with Crippen molar-refractivity contribution in [3.05, 3.63) is 12.2 Å². The van der Waals surface area contributed by atoms with E-state index in [4.69, 9.17) is 9.84 Å². The highest BCUT2D eigenvalue weighted by molar-refractivity contribution is 5.95. The van der Waals surface area contributed by atoms with Crippen LogP contribution in [0.15, 0.2) is 12.2 Å². The fourth-order valence-corrected chi connectivity index (χ4v) is 2.77. The first-order chi connectivity index (χ1) is 10.5. The number of unbranched alkanes of at least 4 members (excludes halogenated alkanes) is 1. The predicted octanol–water partition coefficient (Wildman–Crippen LogP) is 3.27. The van der Waals surface area contributed by atoms with E-state index in [2.05, 4.69) is 6.58 Å². The number of esters is 1. The average Bonchev–Trinajstić information content (AvgIpc) is 2.50. The molecule has 1 saturated carbocycles. The molecule has 1 unspecified atom stereocenters. The molecule has 5 nitrogen and oxygen atoms in total. The van der Waals surface area contributed by atoms with Crippen LogP contribution in [0.25, 0.3) is 0 Å². The molecule has 22 heavy (non-hydrogen) atoms. The van der Waals surface area contributed by atoms with Crippen LogP contribution in [0.3, 0.4) is 0 Å². The van der Waals surface area contributed by atoms with Gasteiger partial charge in [0.25, 0.3) is 0 Å². The smallest absolute Gasteiger partial charge is 0.334 e. The molecular weight excluding hydrogens is 284 g/mol. The number of hydrogen-bond donors (Lipinski definition) is 1. The van der Waals surface area contributed by atoms with E-state index in [1.165, 1.54) is 0 Å². The van der Waals surface area contributed by atoms with Crippen LogP contribution in [0.1, 0.15) is 64.7 Å². The molecule has 1 aliphatic rings. The lowest BCUT2D eigenvalue weighted by molar-refractivity contribution is -0.154. The first kappa shape index (κ1) is 18.4. The molecule has 0 aromatic rings. The summed E-state index contributed by atoms with van der Waals surface area (Å²) in [4.78, 5) is 35.1. The number of carboxylic acids is 1. The van der Waals surface area contributed by atoms with E-state index in [-0.39, 0.29) is 17.3 Å². The summed E-state index contributed by atoms with van der Waals surface area (Å²) >= 11 is 0. The SMILES string of the molecule is C=C(CC(=O)O)C(=O)OC(CCCC)C(=O)C1CCCCC1. The molecule has 0 aliphatic heterocycles. The molecule has 1 atom stereocenters. The van der Waals surface area contributed by atoms with E-state index in [1.807, 2.05) is 6.92 Å². The van der Waals surface area contributed by atoms with Crippen molar-refractivity contribution in [3.63, 3.8) is 0 Å². The molecule has 1 fully saturated rings. The summed E-state index contributed by atoms with van der Waals surface area (Å²) in [6.07, 6.45) is 5.91. The lowest BCUT2D eigenvalue weighted by Crippen LogP contribution is -2.34.